The molecule has 0 fully saturated rings. The van der Waals surface area contributed by atoms with Crippen LogP contribution in [0.3, 0.4) is 0 Å². The van der Waals surface area contributed by atoms with Crippen molar-refractivity contribution in [3.05, 3.63) is 66.7 Å². The van der Waals surface area contributed by atoms with E-state index in [-0.39, 0.29) is 18.4 Å². The van der Waals surface area contributed by atoms with E-state index in [0.717, 1.165) is 22.2 Å². The van der Waals surface area contributed by atoms with E-state index >= 15 is 0 Å². The fourth-order valence-electron chi connectivity index (χ4n) is 3.46. The summed E-state index contributed by atoms with van der Waals surface area (Å²) in [6.45, 7) is -0.0181. The number of nitrogens with one attached hydrogen (secondary N) is 2. The summed E-state index contributed by atoms with van der Waals surface area (Å²) in [5.41, 5.74) is 5.09. The average Bonchev–Trinajstić information content (AvgIpc) is 3.25. The van der Waals surface area contributed by atoms with Gasteiger partial charge in [0.2, 0.25) is 0 Å². The second-order valence-corrected chi connectivity index (χ2v) is 6.94. The fraction of sp³-hybridized carbons (Fsp3) is 0.0909. The van der Waals surface area contributed by atoms with Crippen LogP contribution in [0.25, 0.3) is 22.2 Å². The molecule has 4 aromatic rings. The molecule has 1 aliphatic heterocycles. The molecule has 0 radical (unpaired) electrons. The normalized spacial score (nSPS) is 13.1. The number of H-pyrrole nitrogens is 1. The SMILES string of the molecule is CN1C(=O)COc2cc(NC(=O)c3cccc(-c4cncc5[nH]cnc45)c3)ccc21. The van der Waals surface area contributed by atoms with Gasteiger partial charge in [-0.15, -0.1) is 0 Å². The lowest BCUT2D eigenvalue weighted by Crippen LogP contribution is -2.35. The summed E-state index contributed by atoms with van der Waals surface area (Å²) in [4.78, 5) is 37.8. The van der Waals surface area contributed by atoms with Crippen LogP contribution in [0.5, 0.6) is 5.75 Å². The Balaban J connectivity index is 1.42. The van der Waals surface area contributed by atoms with Crippen molar-refractivity contribution in [2.24, 2.45) is 0 Å². The third-order valence-corrected chi connectivity index (χ3v) is 5.07. The van der Waals surface area contributed by atoms with Crippen LogP contribution in [-0.4, -0.2) is 40.4 Å². The minimum absolute atomic E-state index is 0.0181. The third-order valence-electron chi connectivity index (χ3n) is 5.07. The zero-order valence-electron chi connectivity index (χ0n) is 16.0. The van der Waals surface area contributed by atoms with E-state index in [4.69, 9.17) is 4.74 Å². The van der Waals surface area contributed by atoms with Crippen molar-refractivity contribution in [3.63, 3.8) is 0 Å². The van der Waals surface area contributed by atoms with Gasteiger partial charge in [-0.3, -0.25) is 14.6 Å². The fourth-order valence-corrected chi connectivity index (χ4v) is 3.46. The Kier molecular flexibility index (Phi) is 4.17. The summed E-state index contributed by atoms with van der Waals surface area (Å²) in [6, 6.07) is 12.5. The van der Waals surface area contributed by atoms with Crippen LogP contribution in [0.1, 0.15) is 10.4 Å². The number of pyridine rings is 1. The van der Waals surface area contributed by atoms with Crippen molar-refractivity contribution in [3.8, 4) is 16.9 Å². The summed E-state index contributed by atoms with van der Waals surface area (Å²) >= 11 is 0. The molecule has 2 amide bonds. The van der Waals surface area contributed by atoms with Crippen LogP contribution in [0.15, 0.2) is 61.2 Å². The van der Waals surface area contributed by atoms with Crippen molar-refractivity contribution in [2.75, 3.05) is 23.9 Å². The van der Waals surface area contributed by atoms with E-state index in [1.165, 1.54) is 4.90 Å². The standard InChI is InChI=1S/C22H17N5O3/c1-27-18-6-5-15(8-19(18)30-11-20(27)28)26-22(29)14-4-2-3-13(7-14)16-9-23-10-17-21(16)25-12-24-17/h2-10,12H,11H2,1H3,(H,24,25)(H,26,29). The van der Waals surface area contributed by atoms with Gasteiger partial charge in [-0.1, -0.05) is 12.1 Å². The van der Waals surface area contributed by atoms with Crippen LogP contribution >= 0.6 is 0 Å². The number of carbonyl (C=O) groups is 2. The third kappa shape index (κ3) is 3.04. The second kappa shape index (κ2) is 7.00. The molecule has 5 rings (SSSR count). The van der Waals surface area contributed by atoms with Crippen molar-refractivity contribution in [1.82, 2.24) is 15.0 Å². The zero-order valence-corrected chi connectivity index (χ0v) is 16.0. The van der Waals surface area contributed by atoms with Gasteiger partial charge in [0, 0.05) is 36.1 Å². The van der Waals surface area contributed by atoms with Crippen LogP contribution in [0, 0.1) is 0 Å². The lowest BCUT2D eigenvalue weighted by molar-refractivity contribution is -0.120. The van der Waals surface area contributed by atoms with E-state index in [0.29, 0.717) is 22.7 Å². The van der Waals surface area contributed by atoms with Gasteiger partial charge in [-0.2, -0.15) is 0 Å². The van der Waals surface area contributed by atoms with Crippen molar-refractivity contribution in [1.29, 1.82) is 0 Å². The van der Waals surface area contributed by atoms with Crippen molar-refractivity contribution < 1.29 is 14.3 Å². The van der Waals surface area contributed by atoms with Crippen LogP contribution in [-0.2, 0) is 4.79 Å². The van der Waals surface area contributed by atoms with Gasteiger partial charge in [0.05, 0.1) is 29.2 Å². The Morgan fingerprint density at radius 1 is 1.20 bits per heavy atom. The number of amides is 2. The molecule has 1 aliphatic rings. The number of benzene rings is 2. The number of likely N-dealkylation sites (N-methyl/N-ethyl adjacent to an activating group) is 1. The highest BCUT2D eigenvalue weighted by atomic mass is 16.5. The summed E-state index contributed by atoms with van der Waals surface area (Å²) < 4.78 is 5.48. The number of hydrogen-bond acceptors (Lipinski definition) is 5. The number of fused-ring (bicyclic) bond motifs is 2. The molecule has 2 aromatic carbocycles. The Hall–Kier alpha value is -4.20. The van der Waals surface area contributed by atoms with Crippen LogP contribution in [0.2, 0.25) is 0 Å². The first-order valence-electron chi connectivity index (χ1n) is 9.32. The van der Waals surface area contributed by atoms with Gasteiger partial charge in [0.1, 0.15) is 5.75 Å². The maximum atomic E-state index is 12.8. The van der Waals surface area contributed by atoms with E-state index in [2.05, 4.69) is 20.3 Å². The van der Waals surface area contributed by atoms with Gasteiger partial charge in [-0.05, 0) is 29.8 Å². The molecule has 148 valence electrons. The minimum Gasteiger partial charge on any atom is -0.481 e. The predicted octanol–water partition coefficient (Wildman–Crippen LogP) is 3.23. The highest BCUT2D eigenvalue weighted by Crippen LogP contribution is 2.34. The minimum atomic E-state index is -0.251. The summed E-state index contributed by atoms with van der Waals surface area (Å²) in [5, 5.41) is 2.89. The van der Waals surface area contributed by atoms with E-state index in [9.17, 15) is 9.59 Å². The highest BCUT2D eigenvalue weighted by Gasteiger charge is 2.22. The first kappa shape index (κ1) is 17.9. The molecule has 3 heterocycles. The molecule has 0 unspecified atom stereocenters. The first-order chi connectivity index (χ1) is 14.6. The molecular weight excluding hydrogens is 382 g/mol. The Morgan fingerprint density at radius 3 is 3.00 bits per heavy atom. The number of imidazole rings is 1. The zero-order chi connectivity index (χ0) is 20.7. The maximum absolute atomic E-state index is 12.8. The number of anilines is 2. The molecule has 0 saturated heterocycles. The van der Waals surface area contributed by atoms with Gasteiger partial charge < -0.3 is 19.9 Å². The quantitative estimate of drug-likeness (QED) is 0.551. The van der Waals surface area contributed by atoms with Gasteiger partial charge in [0.15, 0.2) is 6.61 Å². The van der Waals surface area contributed by atoms with Crippen molar-refractivity contribution in [2.45, 2.75) is 0 Å². The first-order valence-corrected chi connectivity index (χ1v) is 9.32. The molecule has 0 saturated carbocycles. The smallest absolute Gasteiger partial charge is 0.264 e. The molecular formula is C22H17N5O3. The lowest BCUT2D eigenvalue weighted by atomic mass is 10.0. The number of hydrogen-bond donors (Lipinski definition) is 2. The molecule has 0 bridgehead atoms. The molecule has 30 heavy (non-hydrogen) atoms. The number of rotatable bonds is 3. The van der Waals surface area contributed by atoms with Crippen LogP contribution < -0.4 is 15.0 Å². The Morgan fingerprint density at radius 2 is 2.10 bits per heavy atom. The number of nitrogens with zero attached hydrogens (tertiary/aromatic N) is 3. The van der Waals surface area contributed by atoms with Crippen LogP contribution in [0.4, 0.5) is 11.4 Å². The average molecular weight is 399 g/mol. The molecule has 8 heteroatoms. The summed E-state index contributed by atoms with van der Waals surface area (Å²) in [6.07, 6.45) is 5.07. The topological polar surface area (TPSA) is 100 Å². The molecule has 8 nitrogen and oxygen atoms in total. The Bertz CT molecular complexity index is 1300. The maximum Gasteiger partial charge on any atom is 0.264 e. The van der Waals surface area contributed by atoms with Gasteiger partial charge >= 0.3 is 0 Å². The van der Waals surface area contributed by atoms with Gasteiger partial charge in [-0.25, -0.2) is 4.98 Å². The summed E-state index contributed by atoms with van der Waals surface area (Å²) in [7, 11) is 1.70. The van der Waals surface area contributed by atoms with E-state index in [1.807, 2.05) is 18.2 Å². The number of aromatic amines is 1. The molecule has 0 aliphatic carbocycles. The number of ether oxygens (including phenoxy) is 1. The molecule has 2 N–H and O–H groups in total. The Labute approximate surface area is 171 Å². The van der Waals surface area contributed by atoms with E-state index < -0.39 is 0 Å². The monoisotopic (exact) mass is 399 g/mol. The number of aromatic nitrogens is 3. The largest absolute Gasteiger partial charge is 0.481 e. The van der Waals surface area contributed by atoms with Crippen molar-refractivity contribution >= 4 is 34.2 Å². The lowest BCUT2D eigenvalue weighted by Gasteiger charge is -2.26. The predicted molar refractivity (Wildman–Crippen MR) is 113 cm³/mol. The molecule has 0 spiro atoms. The molecule has 0 atom stereocenters. The van der Waals surface area contributed by atoms with Gasteiger partial charge in [0.25, 0.3) is 11.8 Å². The van der Waals surface area contributed by atoms with E-state index in [1.54, 1.807) is 50.0 Å². The second-order valence-electron chi connectivity index (χ2n) is 6.94. The molecule has 2 aromatic heterocycles. The highest BCUT2D eigenvalue weighted by molar-refractivity contribution is 6.06. The number of carbonyl (C=O) groups excluding carboxylic acids is 2. The summed E-state index contributed by atoms with van der Waals surface area (Å²) in [5.74, 6) is 0.191.